The highest BCUT2D eigenvalue weighted by molar-refractivity contribution is 7.16. The second kappa shape index (κ2) is 4.15. The summed E-state index contributed by atoms with van der Waals surface area (Å²) in [5.41, 5.74) is 2.37. The van der Waals surface area contributed by atoms with Gasteiger partial charge in [0.2, 0.25) is 0 Å². The fraction of sp³-hybridized carbons (Fsp3) is 0.308. The number of rotatable bonds is 2. The molecule has 0 aliphatic rings. The van der Waals surface area contributed by atoms with Crippen LogP contribution in [0.3, 0.4) is 0 Å². The van der Waals surface area contributed by atoms with Gasteiger partial charge in [0.25, 0.3) is 0 Å². The highest BCUT2D eigenvalue weighted by atomic mass is 32.1. The predicted molar refractivity (Wildman–Crippen MR) is 68.6 cm³/mol. The zero-order valence-electron chi connectivity index (χ0n) is 9.45. The number of nitrogens with one attached hydrogen (secondary N) is 1. The summed E-state index contributed by atoms with van der Waals surface area (Å²) in [4.78, 5) is 0.522. The van der Waals surface area contributed by atoms with Gasteiger partial charge in [-0.05, 0) is 23.6 Å². The third-order valence-electron chi connectivity index (χ3n) is 2.64. The van der Waals surface area contributed by atoms with Crippen LogP contribution >= 0.6 is 11.3 Å². The van der Waals surface area contributed by atoms with Crippen molar-refractivity contribution < 1.29 is 0 Å². The van der Waals surface area contributed by atoms with E-state index in [0.717, 1.165) is 10.2 Å². The molecule has 0 aliphatic heterocycles. The fourth-order valence-electron chi connectivity index (χ4n) is 1.71. The van der Waals surface area contributed by atoms with E-state index in [4.69, 9.17) is 11.8 Å². The summed E-state index contributed by atoms with van der Waals surface area (Å²) in [6.07, 6.45) is 5.31. The third-order valence-corrected chi connectivity index (χ3v) is 3.60. The first-order valence-electron chi connectivity index (χ1n) is 5.25. The van der Waals surface area contributed by atoms with Crippen molar-refractivity contribution in [2.24, 2.45) is 0 Å². The zero-order valence-corrected chi connectivity index (χ0v) is 10.3. The van der Waals surface area contributed by atoms with E-state index in [2.05, 4.69) is 38.0 Å². The van der Waals surface area contributed by atoms with Gasteiger partial charge in [0.15, 0.2) is 4.80 Å². The van der Waals surface area contributed by atoms with E-state index in [1.165, 1.54) is 16.9 Å². The molecule has 0 unspecified atom stereocenters. The van der Waals surface area contributed by atoms with Gasteiger partial charge in [-0.2, -0.15) is 0 Å². The molecule has 2 nitrogen and oxygen atoms in total. The quantitative estimate of drug-likeness (QED) is 0.769. The number of hydrogen-bond acceptors (Lipinski definition) is 2. The maximum Gasteiger partial charge on any atom is 0.183 e. The number of aromatic nitrogens is 1. The fourth-order valence-corrected chi connectivity index (χ4v) is 2.67. The molecule has 2 rings (SSSR count). The van der Waals surface area contributed by atoms with Gasteiger partial charge in [0.05, 0.1) is 16.8 Å². The number of thiazole rings is 1. The smallest absolute Gasteiger partial charge is 0.183 e. The number of terminal acetylenes is 1. The van der Waals surface area contributed by atoms with Crippen molar-refractivity contribution >= 4 is 21.6 Å². The topological polar surface area (TPSA) is 28.8 Å². The summed E-state index contributed by atoms with van der Waals surface area (Å²) in [6, 6.07) is 6.35. The molecule has 0 aliphatic carbocycles. The molecule has 1 aromatic carbocycles. The maximum atomic E-state index is 7.87. The van der Waals surface area contributed by atoms with Gasteiger partial charge in [-0.25, -0.2) is 0 Å². The van der Waals surface area contributed by atoms with Crippen molar-refractivity contribution in [3.8, 4) is 12.3 Å². The second-order valence-electron chi connectivity index (χ2n) is 4.08. The lowest BCUT2D eigenvalue weighted by Crippen LogP contribution is -2.11. The molecule has 0 radical (unpaired) electrons. The van der Waals surface area contributed by atoms with Gasteiger partial charge in [-0.1, -0.05) is 37.2 Å². The van der Waals surface area contributed by atoms with Crippen molar-refractivity contribution in [1.82, 2.24) is 4.57 Å². The molecule has 2 aromatic rings. The van der Waals surface area contributed by atoms with Crippen LogP contribution in [0.4, 0.5) is 0 Å². The molecule has 1 N–H and O–H groups in total. The number of hydrogen-bond donors (Lipinski definition) is 1. The van der Waals surface area contributed by atoms with Crippen LogP contribution in [0.15, 0.2) is 18.2 Å². The Hall–Kier alpha value is -1.53. The Morgan fingerprint density at radius 3 is 2.88 bits per heavy atom. The van der Waals surface area contributed by atoms with E-state index in [1.807, 2.05) is 4.57 Å². The standard InChI is InChI=1S/C13H14N2S/c1-4-7-15-11-6-5-10(9(2)3)8-12(11)16-13(15)14/h1,5-6,8-9,14H,7H2,2-3H3. The molecule has 82 valence electrons. The minimum Gasteiger partial charge on any atom is -0.305 e. The molecule has 0 saturated carbocycles. The summed E-state index contributed by atoms with van der Waals surface area (Å²) >= 11 is 1.48. The monoisotopic (exact) mass is 230 g/mol. The molecule has 0 atom stereocenters. The minimum absolute atomic E-state index is 0.472. The lowest BCUT2D eigenvalue weighted by Gasteiger charge is -2.05. The zero-order chi connectivity index (χ0) is 11.7. The summed E-state index contributed by atoms with van der Waals surface area (Å²) in [7, 11) is 0. The van der Waals surface area contributed by atoms with Crippen molar-refractivity contribution in [2.45, 2.75) is 26.3 Å². The van der Waals surface area contributed by atoms with Crippen LogP contribution in [0.5, 0.6) is 0 Å². The molecule has 0 fully saturated rings. The molecule has 0 amide bonds. The first kappa shape index (κ1) is 11.0. The van der Waals surface area contributed by atoms with Crippen LogP contribution in [0.2, 0.25) is 0 Å². The summed E-state index contributed by atoms with van der Waals surface area (Å²) in [5.74, 6) is 3.11. The first-order chi connectivity index (χ1) is 7.63. The number of nitrogens with zero attached hydrogens (tertiary/aromatic N) is 1. The first-order valence-corrected chi connectivity index (χ1v) is 6.06. The predicted octanol–water partition coefficient (Wildman–Crippen LogP) is 2.94. The summed E-state index contributed by atoms with van der Waals surface area (Å²) in [6.45, 7) is 4.82. The van der Waals surface area contributed by atoms with Crippen LogP contribution in [-0.2, 0) is 6.54 Å². The van der Waals surface area contributed by atoms with E-state index < -0.39 is 0 Å². The molecule has 0 spiro atoms. The van der Waals surface area contributed by atoms with Gasteiger partial charge in [0.1, 0.15) is 0 Å². The lowest BCUT2D eigenvalue weighted by molar-refractivity contribution is 0.827. The van der Waals surface area contributed by atoms with E-state index in [1.54, 1.807) is 0 Å². The van der Waals surface area contributed by atoms with Crippen LogP contribution in [0.25, 0.3) is 10.2 Å². The summed E-state index contributed by atoms with van der Waals surface area (Å²) in [5, 5.41) is 7.87. The number of benzene rings is 1. The Morgan fingerprint density at radius 1 is 1.50 bits per heavy atom. The molecular formula is C13H14N2S. The van der Waals surface area contributed by atoms with E-state index >= 15 is 0 Å². The Kier molecular flexibility index (Phi) is 2.84. The average Bonchev–Trinajstić information content (AvgIpc) is 2.55. The Bertz CT molecular complexity index is 611. The van der Waals surface area contributed by atoms with E-state index in [-0.39, 0.29) is 0 Å². The highest BCUT2D eigenvalue weighted by Gasteiger charge is 2.06. The average molecular weight is 230 g/mol. The molecule has 0 bridgehead atoms. The van der Waals surface area contributed by atoms with Gasteiger partial charge >= 0.3 is 0 Å². The molecule has 16 heavy (non-hydrogen) atoms. The Balaban J connectivity index is 2.66. The molecular weight excluding hydrogens is 216 g/mol. The largest absolute Gasteiger partial charge is 0.305 e. The van der Waals surface area contributed by atoms with Crippen LogP contribution in [0.1, 0.15) is 25.3 Å². The van der Waals surface area contributed by atoms with E-state index in [9.17, 15) is 0 Å². The molecule has 1 heterocycles. The van der Waals surface area contributed by atoms with Gasteiger partial charge < -0.3 is 4.57 Å². The Morgan fingerprint density at radius 2 is 2.25 bits per heavy atom. The van der Waals surface area contributed by atoms with Crippen LogP contribution in [0, 0.1) is 17.8 Å². The number of fused-ring (bicyclic) bond motifs is 1. The molecule has 1 aromatic heterocycles. The SMILES string of the molecule is C#CCn1c(=N)sc2cc(C(C)C)ccc21. The highest BCUT2D eigenvalue weighted by Crippen LogP contribution is 2.23. The van der Waals surface area contributed by atoms with Crippen molar-refractivity contribution in [3.63, 3.8) is 0 Å². The molecule has 0 saturated heterocycles. The second-order valence-corrected chi connectivity index (χ2v) is 5.11. The van der Waals surface area contributed by atoms with Crippen LogP contribution in [-0.4, -0.2) is 4.57 Å². The van der Waals surface area contributed by atoms with Crippen molar-refractivity contribution in [1.29, 1.82) is 5.41 Å². The third kappa shape index (κ3) is 1.77. The van der Waals surface area contributed by atoms with Crippen molar-refractivity contribution in [2.75, 3.05) is 0 Å². The van der Waals surface area contributed by atoms with Crippen molar-refractivity contribution in [3.05, 3.63) is 28.6 Å². The van der Waals surface area contributed by atoms with Gasteiger partial charge in [-0.15, -0.1) is 6.42 Å². The lowest BCUT2D eigenvalue weighted by atomic mass is 10.0. The molecule has 3 heteroatoms. The normalized spacial score (nSPS) is 10.9. The summed E-state index contributed by atoms with van der Waals surface area (Å²) < 4.78 is 3.01. The van der Waals surface area contributed by atoms with Gasteiger partial charge in [0, 0.05) is 0 Å². The minimum atomic E-state index is 0.472. The maximum absolute atomic E-state index is 7.87. The van der Waals surface area contributed by atoms with Gasteiger partial charge in [-0.3, -0.25) is 5.41 Å². The van der Waals surface area contributed by atoms with Crippen LogP contribution < -0.4 is 4.80 Å². The Labute approximate surface area is 99.1 Å². The van der Waals surface area contributed by atoms with E-state index in [0.29, 0.717) is 17.3 Å².